The van der Waals surface area contributed by atoms with Gasteiger partial charge in [0.15, 0.2) is 5.58 Å². The highest BCUT2D eigenvalue weighted by molar-refractivity contribution is 9.10. The fourth-order valence-electron chi connectivity index (χ4n) is 1.98. The summed E-state index contributed by atoms with van der Waals surface area (Å²) in [6.07, 6.45) is -0.0381. The Balaban J connectivity index is 1.90. The lowest BCUT2D eigenvalue weighted by Gasteiger charge is -2.02. The average molecular weight is 347 g/mol. The van der Waals surface area contributed by atoms with E-state index in [1.807, 2.05) is 24.3 Å². The lowest BCUT2D eigenvalue weighted by Crippen LogP contribution is -1.99. The molecule has 2 aromatic carbocycles. The molecule has 6 heteroatoms. The predicted molar refractivity (Wildman–Crippen MR) is 82.8 cm³/mol. The fourth-order valence-corrected chi connectivity index (χ4v) is 2.37. The lowest BCUT2D eigenvalue weighted by atomic mass is 10.1. The van der Waals surface area contributed by atoms with Crippen LogP contribution in [0.2, 0.25) is 0 Å². The second kappa shape index (κ2) is 5.57. The van der Waals surface area contributed by atoms with Gasteiger partial charge in [0.25, 0.3) is 6.01 Å². The Kier molecular flexibility index (Phi) is 3.62. The Morgan fingerprint density at radius 2 is 2.10 bits per heavy atom. The van der Waals surface area contributed by atoms with E-state index in [1.54, 1.807) is 18.2 Å². The zero-order valence-electron chi connectivity index (χ0n) is 10.8. The van der Waals surface area contributed by atoms with E-state index in [-0.39, 0.29) is 6.42 Å². The van der Waals surface area contributed by atoms with Gasteiger partial charge in [-0.15, -0.1) is 0 Å². The highest BCUT2D eigenvalue weighted by Crippen LogP contribution is 2.27. The van der Waals surface area contributed by atoms with Crippen molar-refractivity contribution < 1.29 is 14.3 Å². The van der Waals surface area contributed by atoms with Gasteiger partial charge < -0.3 is 14.8 Å². The lowest BCUT2D eigenvalue weighted by molar-refractivity contribution is -0.136. The molecule has 0 atom stereocenters. The number of aromatic nitrogens is 1. The van der Waals surface area contributed by atoms with Gasteiger partial charge in [-0.3, -0.25) is 4.79 Å². The van der Waals surface area contributed by atoms with E-state index < -0.39 is 5.97 Å². The van der Waals surface area contributed by atoms with Crippen LogP contribution in [0.1, 0.15) is 5.56 Å². The Hall–Kier alpha value is -2.34. The van der Waals surface area contributed by atoms with Crippen molar-refractivity contribution in [3.05, 3.63) is 52.5 Å². The van der Waals surface area contributed by atoms with Crippen LogP contribution in [0.25, 0.3) is 11.1 Å². The van der Waals surface area contributed by atoms with E-state index in [0.717, 1.165) is 10.2 Å². The number of para-hydroxylation sites is 1. The molecular formula is C15H11BrN2O3. The van der Waals surface area contributed by atoms with Gasteiger partial charge in [0.1, 0.15) is 5.52 Å². The van der Waals surface area contributed by atoms with Crippen LogP contribution in [0.5, 0.6) is 0 Å². The van der Waals surface area contributed by atoms with Crippen molar-refractivity contribution in [3.63, 3.8) is 0 Å². The van der Waals surface area contributed by atoms with Gasteiger partial charge in [-0.2, -0.15) is 4.98 Å². The molecule has 106 valence electrons. The van der Waals surface area contributed by atoms with Gasteiger partial charge in [-0.05, 0) is 45.8 Å². The summed E-state index contributed by atoms with van der Waals surface area (Å²) in [5.74, 6) is -0.875. The first-order valence-corrected chi connectivity index (χ1v) is 7.04. The molecule has 21 heavy (non-hydrogen) atoms. The molecule has 0 aliphatic rings. The summed E-state index contributed by atoms with van der Waals surface area (Å²) in [6, 6.07) is 13.2. The second-order valence-electron chi connectivity index (χ2n) is 4.50. The number of carbonyl (C=O) groups is 1. The Morgan fingerprint density at radius 1 is 1.29 bits per heavy atom. The molecule has 0 radical (unpaired) electrons. The van der Waals surface area contributed by atoms with Gasteiger partial charge in [-0.1, -0.05) is 18.2 Å². The number of rotatable bonds is 4. The van der Waals surface area contributed by atoms with E-state index in [1.165, 1.54) is 0 Å². The summed E-state index contributed by atoms with van der Waals surface area (Å²) in [4.78, 5) is 15.0. The highest BCUT2D eigenvalue weighted by Gasteiger charge is 2.09. The van der Waals surface area contributed by atoms with Crippen LogP contribution in [0.3, 0.4) is 0 Å². The zero-order valence-corrected chi connectivity index (χ0v) is 12.4. The van der Waals surface area contributed by atoms with Gasteiger partial charge in [0.05, 0.1) is 12.1 Å². The summed E-state index contributed by atoms with van der Waals surface area (Å²) in [6.45, 7) is 0. The third-order valence-corrected chi connectivity index (χ3v) is 3.62. The van der Waals surface area contributed by atoms with E-state index in [2.05, 4.69) is 26.2 Å². The average Bonchev–Trinajstić information content (AvgIpc) is 2.82. The first-order valence-electron chi connectivity index (χ1n) is 6.24. The van der Waals surface area contributed by atoms with E-state index >= 15 is 0 Å². The molecule has 2 N–H and O–H groups in total. The molecule has 0 bridgehead atoms. The number of nitrogens with one attached hydrogen (secondary N) is 1. The van der Waals surface area contributed by atoms with E-state index in [9.17, 15) is 4.79 Å². The molecule has 5 nitrogen and oxygen atoms in total. The SMILES string of the molecule is O=C(O)Cc1ccc2nc(Nc3ccccc3Br)oc2c1. The Bertz CT molecular complexity index is 814. The molecule has 0 aliphatic heterocycles. The van der Waals surface area contributed by atoms with Crippen LogP contribution >= 0.6 is 15.9 Å². The van der Waals surface area contributed by atoms with E-state index in [0.29, 0.717) is 22.7 Å². The maximum Gasteiger partial charge on any atom is 0.307 e. The van der Waals surface area contributed by atoms with Gasteiger partial charge >= 0.3 is 5.97 Å². The van der Waals surface area contributed by atoms with Crippen LogP contribution in [0, 0.1) is 0 Å². The number of fused-ring (bicyclic) bond motifs is 1. The third kappa shape index (κ3) is 3.05. The number of oxazole rings is 1. The topological polar surface area (TPSA) is 75.4 Å². The molecule has 0 aliphatic carbocycles. The molecule has 0 unspecified atom stereocenters. The summed E-state index contributed by atoms with van der Waals surface area (Å²) >= 11 is 3.44. The summed E-state index contributed by atoms with van der Waals surface area (Å²) < 4.78 is 6.51. The van der Waals surface area contributed by atoms with Crippen LogP contribution in [0.4, 0.5) is 11.7 Å². The second-order valence-corrected chi connectivity index (χ2v) is 5.35. The first-order chi connectivity index (χ1) is 10.1. The van der Waals surface area contributed by atoms with Crippen LogP contribution in [-0.2, 0) is 11.2 Å². The number of anilines is 2. The van der Waals surface area contributed by atoms with Crippen molar-refractivity contribution >= 4 is 44.7 Å². The maximum atomic E-state index is 10.7. The molecule has 1 aromatic heterocycles. The predicted octanol–water partition coefficient (Wildman–Crippen LogP) is 3.96. The number of hydrogen-bond acceptors (Lipinski definition) is 4. The quantitative estimate of drug-likeness (QED) is 0.747. The van der Waals surface area contributed by atoms with Crippen molar-refractivity contribution in [3.8, 4) is 0 Å². The molecule has 0 amide bonds. The van der Waals surface area contributed by atoms with Crippen LogP contribution in [0.15, 0.2) is 51.4 Å². The standard InChI is InChI=1S/C15H11BrN2O3/c16-10-3-1-2-4-11(10)17-15-18-12-6-5-9(8-14(19)20)7-13(12)21-15/h1-7H,8H2,(H,17,18)(H,19,20). The Labute approximate surface area is 128 Å². The minimum atomic E-state index is -0.875. The normalized spacial score (nSPS) is 10.7. The van der Waals surface area contributed by atoms with Crippen molar-refractivity contribution in [1.29, 1.82) is 0 Å². The number of aliphatic carboxylic acids is 1. The number of carboxylic acid groups (broad SMARTS) is 1. The summed E-state index contributed by atoms with van der Waals surface area (Å²) in [5, 5.41) is 11.9. The number of benzene rings is 2. The van der Waals surface area contributed by atoms with Crippen molar-refractivity contribution in [2.24, 2.45) is 0 Å². The molecule has 3 rings (SSSR count). The molecule has 0 spiro atoms. The number of halogens is 1. The number of carboxylic acids is 1. The van der Waals surface area contributed by atoms with Crippen molar-refractivity contribution in [2.75, 3.05) is 5.32 Å². The molecule has 0 fully saturated rings. The molecule has 0 saturated heterocycles. The highest BCUT2D eigenvalue weighted by atomic mass is 79.9. The first kappa shape index (κ1) is 13.6. The minimum absolute atomic E-state index is 0.0381. The Morgan fingerprint density at radius 3 is 2.86 bits per heavy atom. The molecular weight excluding hydrogens is 336 g/mol. The van der Waals surface area contributed by atoms with Gasteiger partial charge in [0, 0.05) is 4.47 Å². The third-order valence-electron chi connectivity index (χ3n) is 2.92. The summed E-state index contributed by atoms with van der Waals surface area (Å²) in [5.41, 5.74) is 2.76. The molecule has 0 saturated carbocycles. The van der Waals surface area contributed by atoms with Gasteiger partial charge in [0.2, 0.25) is 0 Å². The number of hydrogen-bond donors (Lipinski definition) is 2. The minimum Gasteiger partial charge on any atom is -0.481 e. The fraction of sp³-hybridized carbons (Fsp3) is 0.0667. The van der Waals surface area contributed by atoms with Crippen LogP contribution < -0.4 is 5.32 Å². The van der Waals surface area contributed by atoms with Crippen LogP contribution in [-0.4, -0.2) is 16.1 Å². The monoisotopic (exact) mass is 346 g/mol. The van der Waals surface area contributed by atoms with Crippen molar-refractivity contribution in [1.82, 2.24) is 4.98 Å². The number of nitrogens with zero attached hydrogens (tertiary/aromatic N) is 1. The summed E-state index contributed by atoms with van der Waals surface area (Å²) in [7, 11) is 0. The van der Waals surface area contributed by atoms with E-state index in [4.69, 9.17) is 9.52 Å². The zero-order chi connectivity index (χ0) is 14.8. The largest absolute Gasteiger partial charge is 0.481 e. The molecule has 1 heterocycles. The smallest absolute Gasteiger partial charge is 0.307 e. The van der Waals surface area contributed by atoms with Crippen molar-refractivity contribution in [2.45, 2.75) is 6.42 Å². The molecule has 3 aromatic rings. The van der Waals surface area contributed by atoms with Gasteiger partial charge in [-0.25, -0.2) is 0 Å². The maximum absolute atomic E-state index is 10.7.